The van der Waals surface area contributed by atoms with E-state index in [1.165, 1.54) is 6.08 Å². The quantitative estimate of drug-likeness (QED) is 0.852. The summed E-state index contributed by atoms with van der Waals surface area (Å²) in [5, 5.41) is 11.7. The Morgan fingerprint density at radius 3 is 2.73 bits per heavy atom. The molecule has 2 aromatic carbocycles. The van der Waals surface area contributed by atoms with E-state index >= 15 is 0 Å². The minimum Gasteiger partial charge on any atom is -0.479 e. The van der Waals surface area contributed by atoms with E-state index in [9.17, 15) is 4.79 Å². The van der Waals surface area contributed by atoms with Gasteiger partial charge in [-0.25, -0.2) is 0 Å². The van der Waals surface area contributed by atoms with Crippen LogP contribution in [-0.4, -0.2) is 12.5 Å². The Morgan fingerprint density at radius 2 is 2.05 bits per heavy atom. The maximum atomic E-state index is 11.8. The van der Waals surface area contributed by atoms with E-state index in [4.69, 9.17) is 21.6 Å². The molecule has 0 unspecified atom stereocenters. The highest BCUT2D eigenvalue weighted by Gasteiger charge is 1.99. The van der Waals surface area contributed by atoms with Gasteiger partial charge in [-0.05, 0) is 42.0 Å². The van der Waals surface area contributed by atoms with Gasteiger partial charge in [-0.2, -0.15) is 5.26 Å². The summed E-state index contributed by atoms with van der Waals surface area (Å²) < 4.78 is 5.15. The van der Waals surface area contributed by atoms with Gasteiger partial charge in [0.05, 0.1) is 0 Å². The molecule has 0 spiro atoms. The number of nitriles is 1. The highest BCUT2D eigenvalue weighted by atomic mass is 35.5. The molecule has 0 saturated heterocycles. The number of rotatable bonds is 5. The van der Waals surface area contributed by atoms with Crippen molar-refractivity contribution in [1.82, 2.24) is 0 Å². The van der Waals surface area contributed by atoms with Gasteiger partial charge in [-0.3, -0.25) is 4.79 Å². The number of hydrogen-bond donors (Lipinski definition) is 1. The van der Waals surface area contributed by atoms with Gasteiger partial charge in [0, 0.05) is 16.8 Å². The maximum Gasteiger partial charge on any atom is 0.248 e. The lowest BCUT2D eigenvalue weighted by atomic mass is 10.2. The smallest absolute Gasteiger partial charge is 0.248 e. The zero-order valence-corrected chi connectivity index (χ0v) is 12.4. The molecule has 110 valence electrons. The summed E-state index contributed by atoms with van der Waals surface area (Å²) in [6, 6.07) is 15.9. The fraction of sp³-hybridized carbons (Fsp3) is 0.0588. The van der Waals surface area contributed by atoms with Crippen LogP contribution in [0.3, 0.4) is 0 Å². The number of benzene rings is 2. The zero-order valence-electron chi connectivity index (χ0n) is 11.6. The van der Waals surface area contributed by atoms with Crippen molar-refractivity contribution in [3.63, 3.8) is 0 Å². The van der Waals surface area contributed by atoms with Crippen LogP contribution in [0.2, 0.25) is 5.02 Å². The second-order valence-electron chi connectivity index (χ2n) is 4.35. The van der Waals surface area contributed by atoms with Gasteiger partial charge in [0.2, 0.25) is 5.91 Å². The third-order valence-corrected chi connectivity index (χ3v) is 2.94. The van der Waals surface area contributed by atoms with E-state index < -0.39 is 0 Å². The summed E-state index contributed by atoms with van der Waals surface area (Å²) >= 11 is 5.85. The summed E-state index contributed by atoms with van der Waals surface area (Å²) in [5.74, 6) is 0.370. The second-order valence-corrected chi connectivity index (χ2v) is 4.79. The minimum absolute atomic E-state index is 0.0111. The number of carbonyl (C=O) groups excluding carboxylic acids is 1. The lowest BCUT2D eigenvalue weighted by Crippen LogP contribution is -2.07. The van der Waals surface area contributed by atoms with Crippen molar-refractivity contribution in [2.24, 2.45) is 0 Å². The number of nitrogens with one attached hydrogen (secondary N) is 1. The standard InChI is InChI=1S/C17H13ClN2O2/c18-14-2-1-3-15(12-14)20-17(21)9-6-13-4-7-16(8-5-13)22-11-10-19/h1-9,12H,11H2,(H,20,21)/b9-6+. The van der Waals surface area contributed by atoms with Gasteiger partial charge in [0.15, 0.2) is 6.61 Å². The number of carbonyl (C=O) groups is 1. The average molecular weight is 313 g/mol. The van der Waals surface area contributed by atoms with Gasteiger partial charge in [0.1, 0.15) is 11.8 Å². The van der Waals surface area contributed by atoms with Crippen molar-refractivity contribution in [1.29, 1.82) is 5.26 Å². The lowest BCUT2D eigenvalue weighted by molar-refractivity contribution is -0.111. The SMILES string of the molecule is N#CCOc1ccc(/C=C/C(=O)Nc2cccc(Cl)c2)cc1. The van der Waals surface area contributed by atoms with E-state index in [1.807, 2.05) is 6.07 Å². The van der Waals surface area contributed by atoms with Crippen LogP contribution in [0.5, 0.6) is 5.75 Å². The molecule has 4 nitrogen and oxygen atoms in total. The van der Waals surface area contributed by atoms with Crippen molar-refractivity contribution in [3.8, 4) is 11.8 Å². The maximum absolute atomic E-state index is 11.8. The number of amides is 1. The number of anilines is 1. The molecular formula is C17H13ClN2O2. The lowest BCUT2D eigenvalue weighted by Gasteiger charge is -2.03. The van der Waals surface area contributed by atoms with Crippen LogP contribution in [0.1, 0.15) is 5.56 Å². The molecule has 0 aliphatic carbocycles. The molecule has 0 aliphatic heterocycles. The number of ether oxygens (including phenoxy) is 1. The first-order valence-electron chi connectivity index (χ1n) is 6.52. The van der Waals surface area contributed by atoms with Crippen molar-refractivity contribution in [3.05, 3.63) is 65.2 Å². The molecule has 5 heteroatoms. The van der Waals surface area contributed by atoms with Crippen LogP contribution < -0.4 is 10.1 Å². The highest BCUT2D eigenvalue weighted by Crippen LogP contribution is 2.15. The predicted octanol–water partition coefficient (Wildman–Crippen LogP) is 3.89. The normalized spacial score (nSPS) is 10.2. The Morgan fingerprint density at radius 1 is 1.27 bits per heavy atom. The molecule has 2 rings (SSSR count). The van der Waals surface area contributed by atoms with Gasteiger partial charge in [-0.15, -0.1) is 0 Å². The Bertz CT molecular complexity index is 718. The summed E-state index contributed by atoms with van der Waals surface area (Å²) in [4.78, 5) is 11.8. The van der Waals surface area contributed by atoms with Gasteiger partial charge < -0.3 is 10.1 Å². The highest BCUT2D eigenvalue weighted by molar-refractivity contribution is 6.30. The van der Waals surface area contributed by atoms with E-state index in [2.05, 4.69) is 5.32 Å². The summed E-state index contributed by atoms with van der Waals surface area (Å²) in [7, 11) is 0. The van der Waals surface area contributed by atoms with Crippen molar-refractivity contribution in [2.75, 3.05) is 11.9 Å². The van der Waals surface area contributed by atoms with Crippen molar-refractivity contribution < 1.29 is 9.53 Å². The summed E-state index contributed by atoms with van der Waals surface area (Å²) in [6.45, 7) is 0.0111. The van der Waals surface area contributed by atoms with Crippen LogP contribution in [-0.2, 0) is 4.79 Å². The molecule has 0 atom stereocenters. The Balaban J connectivity index is 1.93. The molecule has 1 amide bonds. The zero-order chi connectivity index (χ0) is 15.8. The number of halogens is 1. The summed E-state index contributed by atoms with van der Waals surface area (Å²) in [5.41, 5.74) is 1.49. The Labute approximate surface area is 133 Å². The number of hydrogen-bond acceptors (Lipinski definition) is 3. The third kappa shape index (κ3) is 4.97. The Kier molecular flexibility index (Phi) is 5.58. The molecule has 0 saturated carbocycles. The minimum atomic E-state index is -0.243. The van der Waals surface area contributed by atoms with Crippen molar-refractivity contribution in [2.45, 2.75) is 0 Å². The van der Waals surface area contributed by atoms with Crippen molar-refractivity contribution >= 4 is 29.3 Å². The molecule has 22 heavy (non-hydrogen) atoms. The molecule has 0 aliphatic rings. The third-order valence-electron chi connectivity index (χ3n) is 2.70. The second kappa shape index (κ2) is 7.87. The predicted molar refractivity (Wildman–Crippen MR) is 86.7 cm³/mol. The van der Waals surface area contributed by atoms with Gasteiger partial charge >= 0.3 is 0 Å². The van der Waals surface area contributed by atoms with Crippen LogP contribution >= 0.6 is 11.6 Å². The fourth-order valence-electron chi connectivity index (χ4n) is 1.71. The molecule has 1 N–H and O–H groups in total. The monoisotopic (exact) mass is 312 g/mol. The topological polar surface area (TPSA) is 62.1 Å². The van der Waals surface area contributed by atoms with Crippen LogP contribution in [0.25, 0.3) is 6.08 Å². The van der Waals surface area contributed by atoms with Crippen LogP contribution in [0, 0.1) is 11.3 Å². The molecule has 0 radical (unpaired) electrons. The average Bonchev–Trinajstić information content (AvgIpc) is 2.52. The molecule has 0 fully saturated rings. The van der Waals surface area contributed by atoms with Crippen LogP contribution in [0.15, 0.2) is 54.6 Å². The Hall–Kier alpha value is -2.77. The molecule has 0 aromatic heterocycles. The number of nitrogens with zero attached hydrogens (tertiary/aromatic N) is 1. The van der Waals surface area contributed by atoms with E-state index in [0.717, 1.165) is 5.56 Å². The van der Waals surface area contributed by atoms with Gasteiger partial charge in [-0.1, -0.05) is 29.8 Å². The molecular weight excluding hydrogens is 300 g/mol. The van der Waals surface area contributed by atoms with E-state index in [0.29, 0.717) is 16.5 Å². The first-order chi connectivity index (χ1) is 10.7. The van der Waals surface area contributed by atoms with Crippen LogP contribution in [0.4, 0.5) is 5.69 Å². The fourth-order valence-corrected chi connectivity index (χ4v) is 1.90. The molecule has 0 heterocycles. The first-order valence-corrected chi connectivity index (χ1v) is 6.89. The molecule has 2 aromatic rings. The van der Waals surface area contributed by atoms with E-state index in [-0.39, 0.29) is 12.5 Å². The first kappa shape index (κ1) is 15.6. The molecule has 0 bridgehead atoms. The largest absolute Gasteiger partial charge is 0.479 e. The summed E-state index contributed by atoms with van der Waals surface area (Å²) in [6.07, 6.45) is 3.13. The van der Waals surface area contributed by atoms with E-state index in [1.54, 1.807) is 54.6 Å². The van der Waals surface area contributed by atoms with Gasteiger partial charge in [0.25, 0.3) is 0 Å².